The van der Waals surface area contributed by atoms with Crippen molar-refractivity contribution in [3.05, 3.63) is 64.1 Å². The maximum atomic E-state index is 12.5. The smallest absolute Gasteiger partial charge is 0.311 e. The quantitative estimate of drug-likeness (QED) is 0.491. The van der Waals surface area contributed by atoms with Gasteiger partial charge < -0.3 is 19.7 Å². The monoisotopic (exact) mass is 480 g/mol. The van der Waals surface area contributed by atoms with E-state index in [1.807, 2.05) is 26.0 Å². The molecule has 9 nitrogen and oxygen atoms in total. The molecule has 1 N–H and O–H groups in total. The molecule has 2 amide bonds. The van der Waals surface area contributed by atoms with E-state index in [4.69, 9.17) is 9.47 Å². The minimum Gasteiger partial charge on any atom is -0.494 e. The zero-order chi connectivity index (χ0) is 24.1. The summed E-state index contributed by atoms with van der Waals surface area (Å²) in [6.07, 6.45) is 0.0758. The van der Waals surface area contributed by atoms with Crippen LogP contribution in [0.5, 0.6) is 5.75 Å². The van der Waals surface area contributed by atoms with Crippen LogP contribution in [0.1, 0.15) is 33.7 Å². The Labute approximate surface area is 200 Å². The third-order valence-corrected chi connectivity index (χ3v) is 6.12. The van der Waals surface area contributed by atoms with Crippen LogP contribution in [-0.4, -0.2) is 41.1 Å². The fourth-order valence-electron chi connectivity index (χ4n) is 3.48. The van der Waals surface area contributed by atoms with Gasteiger partial charge in [0.25, 0.3) is 5.91 Å². The minimum absolute atomic E-state index is 0.0758. The molecule has 34 heavy (non-hydrogen) atoms. The van der Waals surface area contributed by atoms with Gasteiger partial charge in [-0.1, -0.05) is 29.0 Å². The van der Waals surface area contributed by atoms with Crippen molar-refractivity contribution < 1.29 is 23.9 Å². The number of esters is 1. The van der Waals surface area contributed by atoms with Crippen LogP contribution >= 0.6 is 11.3 Å². The van der Waals surface area contributed by atoms with Crippen molar-refractivity contribution in [2.45, 2.75) is 26.9 Å². The highest BCUT2D eigenvalue weighted by atomic mass is 32.1. The number of aryl methyl sites for hydroxylation is 1. The zero-order valence-corrected chi connectivity index (χ0v) is 19.6. The number of rotatable bonds is 8. The van der Waals surface area contributed by atoms with Gasteiger partial charge in [0.15, 0.2) is 5.01 Å². The predicted molar refractivity (Wildman–Crippen MR) is 127 cm³/mol. The van der Waals surface area contributed by atoms with Gasteiger partial charge in [-0.15, -0.1) is 10.2 Å². The molecule has 1 unspecified atom stereocenters. The fraction of sp³-hybridized carbons (Fsp3) is 0.292. The summed E-state index contributed by atoms with van der Waals surface area (Å²) in [5.41, 5.74) is 2.45. The Morgan fingerprint density at radius 2 is 1.85 bits per heavy atom. The summed E-state index contributed by atoms with van der Waals surface area (Å²) in [5, 5.41) is 11.1. The highest BCUT2D eigenvalue weighted by Crippen LogP contribution is 2.28. The largest absolute Gasteiger partial charge is 0.494 e. The number of carbonyl (C=O) groups excluding carboxylic acids is 3. The Morgan fingerprint density at radius 1 is 1.12 bits per heavy atom. The van der Waals surface area contributed by atoms with Crippen molar-refractivity contribution in [1.29, 1.82) is 0 Å². The van der Waals surface area contributed by atoms with Gasteiger partial charge in [0.2, 0.25) is 10.9 Å². The van der Waals surface area contributed by atoms with Crippen LogP contribution in [0.4, 0.5) is 11.4 Å². The SMILES string of the molecule is CCOc1ccc(N2CC(C(=O)OCc3nnc(C(=O)Nc4ccc(C)cc4)s3)CC2=O)cc1. The molecule has 2 aromatic carbocycles. The average molecular weight is 481 g/mol. The molecule has 1 aromatic heterocycles. The molecule has 3 aromatic rings. The lowest BCUT2D eigenvalue weighted by molar-refractivity contribution is -0.149. The summed E-state index contributed by atoms with van der Waals surface area (Å²) in [4.78, 5) is 38.9. The summed E-state index contributed by atoms with van der Waals surface area (Å²) in [6, 6.07) is 14.6. The minimum atomic E-state index is -0.573. The summed E-state index contributed by atoms with van der Waals surface area (Å²) in [6.45, 7) is 4.55. The number of nitrogens with zero attached hydrogens (tertiary/aromatic N) is 3. The lowest BCUT2D eigenvalue weighted by Crippen LogP contribution is -2.26. The number of benzene rings is 2. The Hall–Kier alpha value is -3.79. The zero-order valence-electron chi connectivity index (χ0n) is 18.8. The molecule has 4 rings (SSSR count). The van der Waals surface area contributed by atoms with E-state index in [-0.39, 0.29) is 36.4 Å². The van der Waals surface area contributed by atoms with Gasteiger partial charge in [-0.2, -0.15) is 0 Å². The molecule has 10 heteroatoms. The molecule has 176 valence electrons. The van der Waals surface area contributed by atoms with Crippen molar-refractivity contribution in [1.82, 2.24) is 10.2 Å². The molecule has 0 saturated carbocycles. The van der Waals surface area contributed by atoms with Gasteiger partial charge in [-0.25, -0.2) is 0 Å². The molecule has 2 heterocycles. The Balaban J connectivity index is 1.29. The second-order valence-electron chi connectivity index (χ2n) is 7.76. The summed E-state index contributed by atoms with van der Waals surface area (Å²) in [7, 11) is 0. The first-order chi connectivity index (χ1) is 16.4. The third-order valence-electron chi connectivity index (χ3n) is 5.23. The van der Waals surface area contributed by atoms with Gasteiger partial charge in [0.05, 0.1) is 12.5 Å². The average Bonchev–Trinajstić information content (AvgIpc) is 3.47. The first-order valence-corrected chi connectivity index (χ1v) is 11.6. The fourth-order valence-corrected chi connectivity index (χ4v) is 4.13. The molecule has 1 aliphatic rings. The van der Waals surface area contributed by atoms with Gasteiger partial charge in [-0.05, 0) is 50.2 Å². The molecular weight excluding hydrogens is 456 g/mol. The maximum Gasteiger partial charge on any atom is 0.311 e. The van der Waals surface area contributed by atoms with E-state index >= 15 is 0 Å². The maximum absolute atomic E-state index is 12.5. The molecule has 1 saturated heterocycles. The van der Waals surface area contributed by atoms with E-state index in [1.165, 1.54) is 0 Å². The van der Waals surface area contributed by atoms with E-state index in [9.17, 15) is 14.4 Å². The molecule has 0 aliphatic carbocycles. The highest BCUT2D eigenvalue weighted by molar-refractivity contribution is 7.13. The number of hydrogen-bond donors (Lipinski definition) is 1. The Morgan fingerprint density at radius 3 is 2.56 bits per heavy atom. The van der Waals surface area contributed by atoms with Gasteiger partial charge in [0.1, 0.15) is 12.4 Å². The molecule has 1 atom stereocenters. The van der Waals surface area contributed by atoms with Crippen LogP contribution in [0.3, 0.4) is 0 Å². The van der Waals surface area contributed by atoms with Crippen molar-refractivity contribution >= 4 is 40.5 Å². The van der Waals surface area contributed by atoms with Crippen LogP contribution in [0.15, 0.2) is 48.5 Å². The lowest BCUT2D eigenvalue weighted by atomic mass is 10.1. The van der Waals surface area contributed by atoms with E-state index in [2.05, 4.69) is 15.5 Å². The molecule has 1 aliphatic heterocycles. The van der Waals surface area contributed by atoms with Crippen LogP contribution in [-0.2, 0) is 20.9 Å². The van der Waals surface area contributed by atoms with Gasteiger partial charge in [-0.3, -0.25) is 14.4 Å². The predicted octanol–water partition coefficient (Wildman–Crippen LogP) is 3.59. The summed E-state index contributed by atoms with van der Waals surface area (Å²) in [5.74, 6) is -0.861. The number of hydrogen-bond acceptors (Lipinski definition) is 8. The Bertz CT molecular complexity index is 1180. The third kappa shape index (κ3) is 5.57. The first-order valence-electron chi connectivity index (χ1n) is 10.8. The van der Waals surface area contributed by atoms with E-state index in [1.54, 1.807) is 41.3 Å². The summed E-state index contributed by atoms with van der Waals surface area (Å²) < 4.78 is 10.8. The number of nitrogens with one attached hydrogen (secondary N) is 1. The Kier molecular flexibility index (Phi) is 7.17. The molecule has 0 spiro atoms. The normalized spacial score (nSPS) is 15.3. The van der Waals surface area contributed by atoms with Gasteiger partial charge in [0, 0.05) is 24.3 Å². The second-order valence-corrected chi connectivity index (χ2v) is 8.82. The van der Waals surface area contributed by atoms with E-state index in [0.717, 1.165) is 22.6 Å². The van der Waals surface area contributed by atoms with Crippen molar-refractivity contribution in [2.75, 3.05) is 23.4 Å². The standard InChI is InChI=1S/C24H24N4O5S/c1-3-32-19-10-8-18(9-11-19)28-13-16(12-21(28)29)24(31)33-14-20-26-27-23(34-20)22(30)25-17-6-4-15(2)5-7-17/h4-11,16H,3,12-14H2,1-2H3,(H,25,30). The number of anilines is 2. The van der Waals surface area contributed by atoms with Crippen LogP contribution in [0.25, 0.3) is 0 Å². The van der Waals surface area contributed by atoms with Gasteiger partial charge >= 0.3 is 5.97 Å². The van der Waals surface area contributed by atoms with Crippen LogP contribution < -0.4 is 15.0 Å². The second kappa shape index (κ2) is 10.4. The topological polar surface area (TPSA) is 111 Å². The number of amides is 2. The molecule has 1 fully saturated rings. The number of ether oxygens (including phenoxy) is 2. The first kappa shape index (κ1) is 23.4. The number of carbonyl (C=O) groups is 3. The van der Waals surface area contributed by atoms with Crippen molar-refractivity contribution in [3.8, 4) is 5.75 Å². The molecule has 0 radical (unpaired) electrons. The lowest BCUT2D eigenvalue weighted by Gasteiger charge is -2.17. The van der Waals surface area contributed by atoms with E-state index < -0.39 is 11.9 Å². The van der Waals surface area contributed by atoms with Crippen LogP contribution in [0.2, 0.25) is 0 Å². The highest BCUT2D eigenvalue weighted by Gasteiger charge is 2.36. The molecule has 0 bridgehead atoms. The molecular formula is C24H24N4O5S. The summed E-state index contributed by atoms with van der Waals surface area (Å²) >= 11 is 1.05. The van der Waals surface area contributed by atoms with Crippen molar-refractivity contribution in [2.24, 2.45) is 5.92 Å². The van der Waals surface area contributed by atoms with E-state index in [0.29, 0.717) is 23.0 Å². The van der Waals surface area contributed by atoms with Crippen molar-refractivity contribution in [3.63, 3.8) is 0 Å². The number of aromatic nitrogens is 2. The van der Waals surface area contributed by atoms with Crippen LogP contribution in [0, 0.1) is 12.8 Å².